The van der Waals surface area contributed by atoms with Gasteiger partial charge in [-0.3, -0.25) is 9.69 Å². The second-order valence-corrected chi connectivity index (χ2v) is 7.84. The minimum absolute atomic E-state index is 0.137. The summed E-state index contributed by atoms with van der Waals surface area (Å²) in [6.07, 6.45) is 6.16. The van der Waals surface area contributed by atoms with Crippen molar-refractivity contribution in [3.63, 3.8) is 0 Å². The number of primary amides is 1. The molecule has 2 aromatic rings. The summed E-state index contributed by atoms with van der Waals surface area (Å²) in [6, 6.07) is 7.64. The molecule has 1 aromatic carbocycles. The Kier molecular flexibility index (Phi) is 4.58. The summed E-state index contributed by atoms with van der Waals surface area (Å²) >= 11 is 0. The Morgan fingerprint density at radius 1 is 1.21 bits per heavy atom. The zero-order valence-electron chi connectivity index (χ0n) is 16.3. The van der Waals surface area contributed by atoms with E-state index in [4.69, 9.17) is 5.73 Å². The van der Waals surface area contributed by atoms with Gasteiger partial charge >= 0.3 is 6.03 Å². The van der Waals surface area contributed by atoms with Crippen molar-refractivity contribution < 1.29 is 9.59 Å². The van der Waals surface area contributed by atoms with Gasteiger partial charge in [0.1, 0.15) is 11.4 Å². The number of hydrogen-bond donors (Lipinski definition) is 1. The molecule has 8 nitrogen and oxygen atoms in total. The average Bonchev–Trinajstić information content (AvgIpc) is 3.25. The Morgan fingerprint density at radius 3 is 2.57 bits per heavy atom. The largest absolute Gasteiger partial charge is 0.368 e. The first-order valence-electron chi connectivity index (χ1n) is 9.59. The number of hydrogen-bond acceptors (Lipinski definition) is 4. The first-order valence-corrected chi connectivity index (χ1v) is 9.59. The first kappa shape index (κ1) is 18.5. The third-order valence-electron chi connectivity index (χ3n) is 5.69. The number of carbonyl (C=O) groups is 2. The van der Waals surface area contributed by atoms with Crippen molar-refractivity contribution >= 4 is 17.6 Å². The Hall–Kier alpha value is -2.87. The Bertz CT molecular complexity index is 890. The van der Waals surface area contributed by atoms with Gasteiger partial charge < -0.3 is 20.1 Å². The summed E-state index contributed by atoms with van der Waals surface area (Å²) in [4.78, 5) is 35.0. The minimum Gasteiger partial charge on any atom is -0.368 e. The number of fused-ring (bicyclic) bond motifs is 1. The van der Waals surface area contributed by atoms with Gasteiger partial charge in [0.05, 0.1) is 13.1 Å². The van der Waals surface area contributed by atoms with Crippen LogP contribution in [-0.4, -0.2) is 64.0 Å². The number of carbonyl (C=O) groups excluding carboxylic acids is 2. The van der Waals surface area contributed by atoms with E-state index in [-0.39, 0.29) is 6.03 Å². The van der Waals surface area contributed by atoms with Gasteiger partial charge in [0.25, 0.3) is 0 Å². The molecule has 2 saturated heterocycles. The van der Waals surface area contributed by atoms with Gasteiger partial charge in [-0.05, 0) is 57.6 Å². The average molecular weight is 382 g/mol. The van der Waals surface area contributed by atoms with Crippen LogP contribution in [-0.2, 0) is 11.3 Å². The highest BCUT2D eigenvalue weighted by Gasteiger charge is 2.54. The number of piperidine rings is 1. The number of imidazole rings is 1. The standard InChI is InChI=1S/C20H26N6O2/c1-23(2)13-17-22-10-12-24(17)15-5-7-16(8-6-15)25-14-20(18(21)27)9-3-4-11-26(20)19(25)28/h5-8,10,12H,3-4,9,11,13-14H2,1-2H3,(H2,21,27)/t20-/m1/s1. The fraction of sp³-hybridized carbons (Fsp3) is 0.450. The summed E-state index contributed by atoms with van der Waals surface area (Å²) in [7, 11) is 4.01. The van der Waals surface area contributed by atoms with Crippen LogP contribution in [0.3, 0.4) is 0 Å². The van der Waals surface area contributed by atoms with E-state index < -0.39 is 11.4 Å². The third-order valence-corrected chi connectivity index (χ3v) is 5.69. The molecule has 2 N–H and O–H groups in total. The topological polar surface area (TPSA) is 87.7 Å². The third kappa shape index (κ3) is 2.93. The van der Waals surface area contributed by atoms with Crippen molar-refractivity contribution in [1.82, 2.24) is 19.4 Å². The van der Waals surface area contributed by atoms with Gasteiger partial charge in [-0.2, -0.15) is 0 Å². The molecule has 4 rings (SSSR count). The van der Waals surface area contributed by atoms with Crippen molar-refractivity contribution in [3.8, 4) is 5.69 Å². The molecule has 0 aliphatic carbocycles. The van der Waals surface area contributed by atoms with Crippen LogP contribution in [0.2, 0.25) is 0 Å². The van der Waals surface area contributed by atoms with Crippen LogP contribution in [0.5, 0.6) is 0 Å². The lowest BCUT2D eigenvalue weighted by Gasteiger charge is -2.37. The molecule has 1 aromatic heterocycles. The summed E-state index contributed by atoms with van der Waals surface area (Å²) in [5.74, 6) is 0.534. The van der Waals surface area contributed by atoms with Gasteiger partial charge in [-0.25, -0.2) is 9.78 Å². The molecule has 3 amide bonds. The summed E-state index contributed by atoms with van der Waals surface area (Å²) in [5, 5.41) is 0. The lowest BCUT2D eigenvalue weighted by molar-refractivity contribution is -0.128. The van der Waals surface area contributed by atoms with Crippen molar-refractivity contribution in [2.24, 2.45) is 5.73 Å². The molecule has 3 heterocycles. The second-order valence-electron chi connectivity index (χ2n) is 7.84. The van der Waals surface area contributed by atoms with Gasteiger partial charge in [0.15, 0.2) is 0 Å². The van der Waals surface area contributed by atoms with Crippen molar-refractivity contribution in [2.75, 3.05) is 32.1 Å². The highest BCUT2D eigenvalue weighted by molar-refractivity contribution is 6.02. The van der Waals surface area contributed by atoms with Gasteiger partial charge in [-0.15, -0.1) is 0 Å². The predicted octanol–water partition coefficient (Wildman–Crippen LogP) is 1.58. The number of anilines is 1. The number of urea groups is 1. The van der Waals surface area contributed by atoms with E-state index in [2.05, 4.69) is 9.88 Å². The normalized spacial score (nSPS) is 22.0. The maximum atomic E-state index is 13.0. The molecule has 1 atom stereocenters. The fourth-order valence-corrected chi connectivity index (χ4v) is 4.25. The van der Waals surface area contributed by atoms with Crippen LogP contribution in [0.1, 0.15) is 25.1 Å². The number of amides is 3. The van der Waals surface area contributed by atoms with E-state index in [0.717, 1.165) is 36.6 Å². The Labute approximate surface area is 164 Å². The molecule has 2 fully saturated rings. The van der Waals surface area contributed by atoms with Crippen molar-refractivity contribution in [3.05, 3.63) is 42.5 Å². The van der Waals surface area contributed by atoms with Crippen LogP contribution in [0, 0.1) is 0 Å². The van der Waals surface area contributed by atoms with E-state index in [1.165, 1.54) is 0 Å². The molecule has 28 heavy (non-hydrogen) atoms. The fourth-order valence-electron chi connectivity index (χ4n) is 4.25. The zero-order chi connectivity index (χ0) is 19.9. The van der Waals surface area contributed by atoms with E-state index in [0.29, 0.717) is 19.5 Å². The van der Waals surface area contributed by atoms with Crippen molar-refractivity contribution in [1.29, 1.82) is 0 Å². The molecule has 2 aliphatic heterocycles. The lowest BCUT2D eigenvalue weighted by Crippen LogP contribution is -2.58. The number of nitrogens with zero attached hydrogens (tertiary/aromatic N) is 5. The highest BCUT2D eigenvalue weighted by Crippen LogP contribution is 2.37. The molecule has 148 valence electrons. The Morgan fingerprint density at radius 2 is 1.93 bits per heavy atom. The first-order chi connectivity index (χ1) is 13.4. The molecule has 0 saturated carbocycles. The molecule has 0 unspecified atom stereocenters. The van der Waals surface area contributed by atoms with E-state index in [1.807, 2.05) is 49.1 Å². The number of benzene rings is 1. The van der Waals surface area contributed by atoms with Gasteiger partial charge in [0, 0.05) is 30.3 Å². The SMILES string of the molecule is CN(C)Cc1nccn1-c1ccc(N2C[C@@]3(C(N)=O)CCCCN3C2=O)cc1. The van der Waals surface area contributed by atoms with Crippen LogP contribution < -0.4 is 10.6 Å². The van der Waals surface area contributed by atoms with Crippen LogP contribution in [0.4, 0.5) is 10.5 Å². The van der Waals surface area contributed by atoms with Gasteiger partial charge in [0.2, 0.25) is 5.91 Å². The molecular weight excluding hydrogens is 356 g/mol. The molecule has 0 spiro atoms. The molecule has 8 heteroatoms. The molecule has 0 bridgehead atoms. The van der Waals surface area contributed by atoms with Crippen LogP contribution in [0.15, 0.2) is 36.7 Å². The maximum absolute atomic E-state index is 13.0. The Balaban J connectivity index is 1.60. The lowest BCUT2D eigenvalue weighted by atomic mass is 9.87. The van der Waals surface area contributed by atoms with Crippen LogP contribution >= 0.6 is 0 Å². The van der Waals surface area contributed by atoms with Gasteiger partial charge in [-0.1, -0.05) is 0 Å². The number of rotatable bonds is 5. The van der Waals surface area contributed by atoms with E-state index in [9.17, 15) is 9.59 Å². The summed E-state index contributed by atoms with van der Waals surface area (Å²) in [5.41, 5.74) is 6.59. The summed E-state index contributed by atoms with van der Waals surface area (Å²) < 4.78 is 2.03. The number of aromatic nitrogens is 2. The van der Waals surface area contributed by atoms with Crippen LogP contribution in [0.25, 0.3) is 5.69 Å². The molecule has 2 aliphatic rings. The molecular formula is C20H26N6O2. The second kappa shape index (κ2) is 6.94. The monoisotopic (exact) mass is 382 g/mol. The zero-order valence-corrected chi connectivity index (χ0v) is 16.3. The molecule has 0 radical (unpaired) electrons. The quantitative estimate of drug-likeness (QED) is 0.851. The van der Waals surface area contributed by atoms with E-state index in [1.54, 1.807) is 16.0 Å². The smallest absolute Gasteiger partial charge is 0.325 e. The number of nitrogens with two attached hydrogens (primary N) is 1. The summed E-state index contributed by atoms with van der Waals surface area (Å²) in [6.45, 7) is 1.63. The highest BCUT2D eigenvalue weighted by atomic mass is 16.2. The van der Waals surface area contributed by atoms with Crippen molar-refractivity contribution in [2.45, 2.75) is 31.3 Å². The minimum atomic E-state index is -0.878. The maximum Gasteiger partial charge on any atom is 0.325 e. The van der Waals surface area contributed by atoms with E-state index >= 15 is 0 Å². The predicted molar refractivity (Wildman–Crippen MR) is 106 cm³/mol.